The Labute approximate surface area is 282 Å². The van der Waals surface area contributed by atoms with Gasteiger partial charge in [0.05, 0.1) is 13.2 Å². The summed E-state index contributed by atoms with van der Waals surface area (Å²) < 4.78 is 32.4. The summed E-state index contributed by atoms with van der Waals surface area (Å²) in [5, 5.41) is 8.83. The second-order valence-corrected chi connectivity index (χ2v) is 12.8. The smallest absolute Gasteiger partial charge is 0.472 e. The number of carboxylic acids is 1. The van der Waals surface area contributed by atoms with Crippen LogP contribution >= 0.6 is 7.82 Å². The molecule has 12 heteroatoms. The Morgan fingerprint density at radius 1 is 0.681 bits per heavy atom. The van der Waals surface area contributed by atoms with Crippen LogP contribution < -0.4 is 5.73 Å². The number of aliphatic carboxylic acids is 1. The molecule has 0 saturated heterocycles. The van der Waals surface area contributed by atoms with Gasteiger partial charge in [0, 0.05) is 12.8 Å². The number of phosphoric acid groups is 1. The van der Waals surface area contributed by atoms with E-state index in [0.29, 0.717) is 12.8 Å². The molecule has 3 atom stereocenters. The Hall–Kier alpha value is -2.56. The lowest BCUT2D eigenvalue weighted by Crippen LogP contribution is -2.34. The summed E-state index contributed by atoms with van der Waals surface area (Å²) in [4.78, 5) is 45.5. The summed E-state index contributed by atoms with van der Waals surface area (Å²) in [5.41, 5.74) is 5.30. The lowest BCUT2D eigenvalue weighted by atomic mass is 10.1. The average Bonchev–Trinajstić information content (AvgIpc) is 3.04. The fourth-order valence-corrected chi connectivity index (χ4v) is 4.88. The third-order valence-electron chi connectivity index (χ3n) is 6.87. The summed E-state index contributed by atoms with van der Waals surface area (Å²) in [5.74, 6) is -2.43. The zero-order valence-electron chi connectivity index (χ0n) is 28.6. The SMILES string of the molecule is CC/C=C/C=C/C=C/CCCCCCCC(=O)OC(COC(=O)CCCCCC/C=C/CCCC)COP(=O)(O)OC[C@H](N)C(=O)O. The topological polar surface area (TPSA) is 172 Å². The van der Waals surface area contributed by atoms with E-state index in [1.165, 1.54) is 12.8 Å². The maximum Gasteiger partial charge on any atom is 0.472 e. The first kappa shape index (κ1) is 44.4. The third kappa shape index (κ3) is 30.5. The molecule has 0 aromatic carbocycles. The van der Waals surface area contributed by atoms with Gasteiger partial charge in [0.2, 0.25) is 0 Å². The maximum absolute atomic E-state index is 12.5. The molecule has 0 aromatic rings. The van der Waals surface area contributed by atoms with E-state index < -0.39 is 51.1 Å². The van der Waals surface area contributed by atoms with Gasteiger partial charge in [0.25, 0.3) is 0 Å². The Balaban J connectivity index is 4.57. The van der Waals surface area contributed by atoms with Gasteiger partial charge in [-0.25, -0.2) is 4.57 Å². The summed E-state index contributed by atoms with van der Waals surface area (Å²) in [6, 6.07) is -1.53. The van der Waals surface area contributed by atoms with Crippen molar-refractivity contribution in [3.8, 4) is 0 Å². The van der Waals surface area contributed by atoms with E-state index >= 15 is 0 Å². The molecule has 0 aliphatic carbocycles. The Morgan fingerprint density at radius 3 is 1.83 bits per heavy atom. The zero-order valence-corrected chi connectivity index (χ0v) is 29.5. The van der Waals surface area contributed by atoms with Gasteiger partial charge in [0.1, 0.15) is 12.6 Å². The highest BCUT2D eigenvalue weighted by atomic mass is 31.2. The van der Waals surface area contributed by atoms with Crippen molar-refractivity contribution >= 4 is 25.7 Å². The van der Waals surface area contributed by atoms with Crippen molar-refractivity contribution in [3.05, 3.63) is 48.6 Å². The Bertz CT molecular complexity index is 995. The molecule has 4 N–H and O–H groups in total. The van der Waals surface area contributed by atoms with Crippen LogP contribution in [-0.4, -0.2) is 59.9 Å². The minimum Gasteiger partial charge on any atom is -0.480 e. The Morgan fingerprint density at radius 2 is 1.21 bits per heavy atom. The molecule has 11 nitrogen and oxygen atoms in total. The monoisotopic (exact) mass is 685 g/mol. The van der Waals surface area contributed by atoms with Crippen LogP contribution in [0.2, 0.25) is 0 Å². The average molecular weight is 686 g/mol. The molecule has 0 aromatic heterocycles. The van der Waals surface area contributed by atoms with Crippen LogP contribution in [0, 0.1) is 0 Å². The molecular weight excluding hydrogens is 625 g/mol. The van der Waals surface area contributed by atoms with E-state index in [1.54, 1.807) is 0 Å². The zero-order chi connectivity index (χ0) is 35.0. The van der Waals surface area contributed by atoms with Crippen LogP contribution in [-0.2, 0) is 37.5 Å². The molecule has 0 bridgehead atoms. The predicted molar refractivity (Wildman–Crippen MR) is 185 cm³/mol. The van der Waals surface area contributed by atoms with Crippen molar-refractivity contribution in [1.82, 2.24) is 0 Å². The molecule has 0 spiro atoms. The minimum absolute atomic E-state index is 0.134. The number of carbonyl (C=O) groups excluding carboxylic acids is 2. The van der Waals surface area contributed by atoms with Crippen LogP contribution in [0.25, 0.3) is 0 Å². The van der Waals surface area contributed by atoms with Crippen molar-refractivity contribution < 1.29 is 47.5 Å². The van der Waals surface area contributed by atoms with Crippen LogP contribution in [0.1, 0.15) is 123 Å². The summed E-state index contributed by atoms with van der Waals surface area (Å²) in [6.07, 6.45) is 30.6. The molecule has 0 heterocycles. The highest BCUT2D eigenvalue weighted by Crippen LogP contribution is 2.43. The molecule has 0 fully saturated rings. The first-order chi connectivity index (χ1) is 22.6. The van der Waals surface area contributed by atoms with Crippen molar-refractivity contribution in [2.24, 2.45) is 5.73 Å². The number of ether oxygens (including phenoxy) is 2. The number of rotatable bonds is 31. The lowest BCUT2D eigenvalue weighted by molar-refractivity contribution is -0.161. The van der Waals surface area contributed by atoms with E-state index in [0.717, 1.165) is 70.6 Å². The molecule has 0 aliphatic rings. The van der Waals surface area contributed by atoms with Crippen molar-refractivity contribution in [1.29, 1.82) is 0 Å². The first-order valence-corrected chi connectivity index (χ1v) is 18.7. The molecule has 2 unspecified atom stereocenters. The second kappa shape index (κ2) is 30.8. The van der Waals surface area contributed by atoms with Gasteiger partial charge >= 0.3 is 25.7 Å². The largest absolute Gasteiger partial charge is 0.480 e. The summed E-state index contributed by atoms with van der Waals surface area (Å²) in [6.45, 7) is 2.54. The number of hydrogen-bond donors (Lipinski definition) is 3. The van der Waals surface area contributed by atoms with Gasteiger partial charge in [-0.15, -0.1) is 0 Å². The first-order valence-electron chi connectivity index (χ1n) is 17.2. The lowest BCUT2D eigenvalue weighted by Gasteiger charge is -2.20. The van der Waals surface area contributed by atoms with E-state index in [1.807, 2.05) is 24.3 Å². The number of esters is 2. The number of hydrogen-bond acceptors (Lipinski definition) is 9. The van der Waals surface area contributed by atoms with Gasteiger partial charge in [-0.1, -0.05) is 107 Å². The van der Waals surface area contributed by atoms with E-state index in [2.05, 4.69) is 42.7 Å². The number of unbranched alkanes of at least 4 members (excludes halogenated alkanes) is 11. The highest BCUT2D eigenvalue weighted by molar-refractivity contribution is 7.47. The molecule has 0 rings (SSSR count). The Kier molecular flexibility index (Phi) is 29.1. The molecular formula is C35H60NO10P. The van der Waals surface area contributed by atoms with Crippen LogP contribution in [0.3, 0.4) is 0 Å². The second-order valence-electron chi connectivity index (χ2n) is 11.3. The van der Waals surface area contributed by atoms with E-state index in [9.17, 15) is 23.8 Å². The highest BCUT2D eigenvalue weighted by Gasteiger charge is 2.28. The number of allylic oxidation sites excluding steroid dienone is 8. The quantitative estimate of drug-likeness (QED) is 0.0213. The molecule has 0 radical (unpaired) electrons. The van der Waals surface area contributed by atoms with Crippen LogP contribution in [0.4, 0.5) is 0 Å². The molecule has 0 saturated carbocycles. The van der Waals surface area contributed by atoms with Crippen LogP contribution in [0.15, 0.2) is 48.6 Å². The fourth-order valence-electron chi connectivity index (χ4n) is 4.10. The molecule has 0 aliphatic heterocycles. The number of carbonyl (C=O) groups is 3. The predicted octanol–water partition coefficient (Wildman–Crippen LogP) is 7.88. The number of carboxylic acid groups (broad SMARTS) is 1. The maximum atomic E-state index is 12.5. The molecule has 270 valence electrons. The van der Waals surface area contributed by atoms with Crippen LogP contribution in [0.5, 0.6) is 0 Å². The van der Waals surface area contributed by atoms with Crippen molar-refractivity contribution in [2.45, 2.75) is 135 Å². The van der Waals surface area contributed by atoms with Gasteiger partial charge in [-0.3, -0.25) is 23.4 Å². The van der Waals surface area contributed by atoms with Gasteiger partial charge in [-0.2, -0.15) is 0 Å². The van der Waals surface area contributed by atoms with Crippen molar-refractivity contribution in [2.75, 3.05) is 19.8 Å². The van der Waals surface area contributed by atoms with E-state index in [-0.39, 0.29) is 19.4 Å². The normalized spacial score (nSPS) is 14.6. The molecule has 47 heavy (non-hydrogen) atoms. The van der Waals surface area contributed by atoms with E-state index in [4.69, 9.17) is 24.8 Å². The minimum atomic E-state index is -4.71. The standard InChI is InChI=1S/C35H60NO10P/c1-3-5-7-9-11-13-15-16-17-19-21-23-25-27-34(38)46-31(29-44-47(41,42)45-30-32(36)35(39)40)28-43-33(37)26-24-22-20-18-14-12-10-8-6-4-2/h5,7,9-13,15,31-32H,3-4,6,8,14,16-30,36H2,1-2H3,(H,39,40)(H,41,42)/b7-5+,11-9+,12-10+,15-13+/t31?,32-/m0/s1. The molecule has 0 amide bonds. The van der Waals surface area contributed by atoms with Gasteiger partial charge in [0.15, 0.2) is 6.10 Å². The summed E-state index contributed by atoms with van der Waals surface area (Å²) in [7, 11) is -4.71. The fraction of sp³-hybridized carbons (Fsp3) is 0.686. The number of phosphoric ester groups is 1. The van der Waals surface area contributed by atoms with Gasteiger partial charge in [-0.05, 0) is 51.4 Å². The third-order valence-corrected chi connectivity index (χ3v) is 7.82. The summed E-state index contributed by atoms with van der Waals surface area (Å²) >= 11 is 0. The van der Waals surface area contributed by atoms with Crippen molar-refractivity contribution in [3.63, 3.8) is 0 Å². The number of nitrogens with two attached hydrogens (primary N) is 1. The van der Waals surface area contributed by atoms with Gasteiger partial charge < -0.3 is 25.2 Å².